The Morgan fingerprint density at radius 1 is 1.11 bits per heavy atom. The van der Waals surface area contributed by atoms with E-state index in [1.165, 1.54) is 0 Å². The number of hydrogen-bond donors (Lipinski definition) is 0. The van der Waals surface area contributed by atoms with Gasteiger partial charge < -0.3 is 4.74 Å². The van der Waals surface area contributed by atoms with Crippen molar-refractivity contribution >= 4 is 11.8 Å². The van der Waals surface area contributed by atoms with E-state index in [9.17, 15) is 8.78 Å². The van der Waals surface area contributed by atoms with Gasteiger partial charge in [-0.3, -0.25) is 0 Å². The smallest absolute Gasteiger partial charge is 0.198 e. The molecule has 2 nitrogen and oxygen atoms in total. The van der Waals surface area contributed by atoms with E-state index in [1.54, 1.807) is 42.1 Å². The molecule has 0 fully saturated rings. The number of hydrogen-bond acceptors (Lipinski definition) is 3. The fourth-order valence-electron chi connectivity index (χ4n) is 1.48. The first-order chi connectivity index (χ1) is 9.13. The molecule has 0 heterocycles. The summed E-state index contributed by atoms with van der Waals surface area (Å²) in [4.78, 5) is 1.02. The van der Waals surface area contributed by atoms with Gasteiger partial charge in [0.05, 0.1) is 11.6 Å². The second kappa shape index (κ2) is 5.72. The summed E-state index contributed by atoms with van der Waals surface area (Å²) in [6, 6.07) is 10.4. The molecule has 2 aromatic carbocycles. The third-order valence-electron chi connectivity index (χ3n) is 2.41. The molecule has 0 saturated carbocycles. The van der Waals surface area contributed by atoms with Crippen LogP contribution in [-0.4, -0.2) is 6.26 Å². The Bertz CT molecular complexity index is 612. The average molecular weight is 277 g/mol. The summed E-state index contributed by atoms with van der Waals surface area (Å²) < 4.78 is 32.4. The largest absolute Gasteiger partial charge is 0.451 e. The Balaban J connectivity index is 2.30. The Kier molecular flexibility index (Phi) is 4.03. The average Bonchev–Trinajstić information content (AvgIpc) is 2.43. The summed E-state index contributed by atoms with van der Waals surface area (Å²) in [5, 5.41) is 8.60. The van der Waals surface area contributed by atoms with Crippen molar-refractivity contribution in [3.8, 4) is 17.6 Å². The summed E-state index contributed by atoms with van der Waals surface area (Å²) in [6.45, 7) is 0. The van der Waals surface area contributed by atoms with Crippen molar-refractivity contribution in [2.24, 2.45) is 0 Å². The molecular weight excluding hydrogens is 268 g/mol. The maximum atomic E-state index is 13.6. The summed E-state index contributed by atoms with van der Waals surface area (Å²) in [5.41, 5.74) is -0.0833. The van der Waals surface area contributed by atoms with Crippen molar-refractivity contribution in [3.05, 3.63) is 53.6 Å². The Labute approximate surface area is 113 Å². The monoisotopic (exact) mass is 277 g/mol. The second-order valence-electron chi connectivity index (χ2n) is 3.66. The van der Waals surface area contributed by atoms with Crippen LogP contribution in [-0.2, 0) is 0 Å². The molecule has 0 aliphatic carbocycles. The SMILES string of the molecule is CSc1ccc(Oc2c(F)cc(C#N)cc2F)cc1. The van der Waals surface area contributed by atoms with Crippen molar-refractivity contribution in [3.63, 3.8) is 0 Å². The highest BCUT2D eigenvalue weighted by Crippen LogP contribution is 2.29. The fraction of sp³-hybridized carbons (Fsp3) is 0.0714. The minimum atomic E-state index is -0.898. The summed E-state index contributed by atoms with van der Waals surface area (Å²) in [6.07, 6.45) is 1.93. The maximum absolute atomic E-state index is 13.6. The predicted molar refractivity (Wildman–Crippen MR) is 69.4 cm³/mol. The van der Waals surface area contributed by atoms with Crippen molar-refractivity contribution in [1.29, 1.82) is 5.26 Å². The van der Waals surface area contributed by atoms with Gasteiger partial charge in [0.2, 0.25) is 0 Å². The van der Waals surface area contributed by atoms with E-state index >= 15 is 0 Å². The minimum Gasteiger partial charge on any atom is -0.451 e. The summed E-state index contributed by atoms with van der Waals surface area (Å²) in [5.74, 6) is -1.97. The van der Waals surface area contributed by atoms with Gasteiger partial charge in [-0.15, -0.1) is 11.8 Å². The molecule has 0 amide bonds. The van der Waals surface area contributed by atoms with E-state index in [2.05, 4.69) is 0 Å². The van der Waals surface area contributed by atoms with E-state index in [-0.39, 0.29) is 5.56 Å². The van der Waals surface area contributed by atoms with Gasteiger partial charge in [0.1, 0.15) is 5.75 Å². The Morgan fingerprint density at radius 3 is 2.16 bits per heavy atom. The number of benzene rings is 2. The maximum Gasteiger partial charge on any atom is 0.198 e. The molecule has 2 rings (SSSR count). The van der Waals surface area contributed by atoms with Gasteiger partial charge >= 0.3 is 0 Å². The van der Waals surface area contributed by atoms with Gasteiger partial charge in [0.25, 0.3) is 0 Å². The van der Waals surface area contributed by atoms with Gasteiger partial charge in [0.15, 0.2) is 17.4 Å². The van der Waals surface area contributed by atoms with Crippen molar-refractivity contribution in [2.45, 2.75) is 4.90 Å². The van der Waals surface area contributed by atoms with Crippen LogP contribution in [0.25, 0.3) is 0 Å². The predicted octanol–water partition coefficient (Wildman–Crippen LogP) is 4.35. The lowest BCUT2D eigenvalue weighted by Gasteiger charge is -2.08. The first-order valence-corrected chi connectivity index (χ1v) is 6.57. The van der Waals surface area contributed by atoms with Crippen molar-refractivity contribution in [2.75, 3.05) is 6.26 Å². The lowest BCUT2D eigenvalue weighted by atomic mass is 10.2. The molecular formula is C14H9F2NOS. The van der Waals surface area contributed by atoms with Gasteiger partial charge in [-0.05, 0) is 42.7 Å². The van der Waals surface area contributed by atoms with E-state index < -0.39 is 17.4 Å². The quantitative estimate of drug-likeness (QED) is 0.782. The minimum absolute atomic E-state index is 0.0833. The highest BCUT2D eigenvalue weighted by atomic mass is 32.2. The van der Waals surface area contributed by atoms with Crippen LogP contribution in [0.2, 0.25) is 0 Å². The fourth-order valence-corrected chi connectivity index (χ4v) is 1.89. The first kappa shape index (κ1) is 13.4. The summed E-state index contributed by atoms with van der Waals surface area (Å²) in [7, 11) is 0. The van der Waals surface area contributed by atoms with Gasteiger partial charge in [-0.1, -0.05) is 0 Å². The number of nitrogens with zero attached hydrogens (tertiary/aromatic N) is 1. The molecule has 0 aromatic heterocycles. The third kappa shape index (κ3) is 3.04. The lowest BCUT2D eigenvalue weighted by Crippen LogP contribution is -1.94. The summed E-state index contributed by atoms with van der Waals surface area (Å²) >= 11 is 1.56. The van der Waals surface area contributed by atoms with E-state index in [1.807, 2.05) is 6.26 Å². The topological polar surface area (TPSA) is 33.0 Å². The normalized spacial score (nSPS) is 10.0. The molecule has 2 aromatic rings. The molecule has 0 N–H and O–H groups in total. The van der Waals surface area contributed by atoms with E-state index in [0.717, 1.165) is 17.0 Å². The number of nitriles is 1. The molecule has 19 heavy (non-hydrogen) atoms. The molecule has 0 atom stereocenters. The number of halogens is 2. The first-order valence-electron chi connectivity index (χ1n) is 5.35. The van der Waals surface area contributed by atoms with Gasteiger partial charge in [-0.2, -0.15) is 5.26 Å². The molecule has 5 heteroatoms. The Hall–Kier alpha value is -2.06. The lowest BCUT2D eigenvalue weighted by molar-refractivity contribution is 0.407. The van der Waals surface area contributed by atoms with E-state index in [4.69, 9.17) is 10.00 Å². The van der Waals surface area contributed by atoms with Crippen LogP contribution in [0.15, 0.2) is 41.3 Å². The molecule has 0 spiro atoms. The van der Waals surface area contributed by atoms with Crippen LogP contribution < -0.4 is 4.74 Å². The second-order valence-corrected chi connectivity index (χ2v) is 4.54. The molecule has 96 valence electrons. The highest BCUT2D eigenvalue weighted by Gasteiger charge is 2.13. The number of thioether (sulfide) groups is 1. The molecule has 0 aliphatic heterocycles. The zero-order valence-corrected chi connectivity index (χ0v) is 10.8. The van der Waals surface area contributed by atoms with Gasteiger partial charge in [-0.25, -0.2) is 8.78 Å². The van der Waals surface area contributed by atoms with Crippen LogP contribution >= 0.6 is 11.8 Å². The number of ether oxygens (including phenoxy) is 1. The van der Waals surface area contributed by atoms with Crippen LogP contribution in [0.1, 0.15) is 5.56 Å². The zero-order chi connectivity index (χ0) is 13.8. The highest BCUT2D eigenvalue weighted by molar-refractivity contribution is 7.98. The van der Waals surface area contributed by atoms with Crippen LogP contribution in [0.5, 0.6) is 11.5 Å². The van der Waals surface area contributed by atoms with Crippen molar-refractivity contribution < 1.29 is 13.5 Å². The molecule has 0 radical (unpaired) electrons. The van der Waals surface area contributed by atoms with Crippen molar-refractivity contribution in [1.82, 2.24) is 0 Å². The van der Waals surface area contributed by atoms with Crippen LogP contribution in [0.3, 0.4) is 0 Å². The Morgan fingerprint density at radius 2 is 1.68 bits per heavy atom. The molecule has 0 aliphatic rings. The number of rotatable bonds is 3. The van der Waals surface area contributed by atoms with Gasteiger partial charge in [0, 0.05) is 4.90 Å². The van der Waals surface area contributed by atoms with Crippen LogP contribution in [0, 0.1) is 23.0 Å². The molecule has 0 saturated heterocycles. The standard InChI is InChI=1S/C14H9F2NOS/c1-19-11-4-2-10(3-5-11)18-14-12(15)6-9(8-17)7-13(14)16/h2-7H,1H3. The zero-order valence-electron chi connectivity index (χ0n) is 9.98. The molecule has 0 unspecified atom stereocenters. The van der Waals surface area contributed by atoms with E-state index in [0.29, 0.717) is 5.75 Å². The van der Waals surface area contributed by atoms with Crippen LogP contribution in [0.4, 0.5) is 8.78 Å². The molecule has 0 bridgehead atoms. The third-order valence-corrected chi connectivity index (χ3v) is 3.15.